The monoisotopic (exact) mass is 575 g/mol. The van der Waals surface area contributed by atoms with E-state index in [2.05, 4.69) is 16.2 Å². The highest BCUT2D eigenvalue weighted by Gasteiger charge is 2.68. The Morgan fingerprint density at radius 3 is 2.09 bits per heavy atom. The molecule has 0 saturated carbocycles. The summed E-state index contributed by atoms with van der Waals surface area (Å²) < 4.78 is 28.0. The summed E-state index contributed by atoms with van der Waals surface area (Å²) in [6, 6.07) is 35.7. The number of anilines is 1. The number of ether oxygens (including phenoxy) is 4. The second kappa shape index (κ2) is 12.3. The minimum Gasteiger partial charge on any atom is -0.382 e. The van der Waals surface area contributed by atoms with E-state index in [0.29, 0.717) is 30.2 Å². The zero-order valence-electron chi connectivity index (χ0n) is 23.9. The maximum atomic E-state index is 11.0. The summed E-state index contributed by atoms with van der Waals surface area (Å²) in [6.45, 7) is 2.94. The molecule has 5 aromatic rings. The minimum absolute atomic E-state index is 0.169. The molecule has 2 aromatic heterocycles. The predicted octanol–water partition coefficient (Wildman–Crippen LogP) is 5.21. The summed E-state index contributed by atoms with van der Waals surface area (Å²) in [7, 11) is 0. The average Bonchev–Trinajstić information content (AvgIpc) is 3.59. The third kappa shape index (κ3) is 5.49. The van der Waals surface area contributed by atoms with Gasteiger partial charge in [0.05, 0.1) is 32.1 Å². The Bertz CT molecular complexity index is 1690. The van der Waals surface area contributed by atoms with Crippen molar-refractivity contribution >= 4 is 11.3 Å². The third-order valence-corrected chi connectivity index (χ3v) is 7.96. The van der Waals surface area contributed by atoms with E-state index in [1.807, 2.05) is 97.9 Å². The van der Waals surface area contributed by atoms with Crippen molar-refractivity contribution in [1.29, 1.82) is 5.26 Å². The van der Waals surface area contributed by atoms with Crippen LogP contribution in [0.5, 0.6) is 0 Å². The van der Waals surface area contributed by atoms with Gasteiger partial charge < -0.3 is 24.7 Å². The summed E-state index contributed by atoms with van der Waals surface area (Å²) in [5.74, 6) is 0.291. The quantitative estimate of drug-likeness (QED) is 0.228. The van der Waals surface area contributed by atoms with Gasteiger partial charge in [-0.25, -0.2) is 9.50 Å². The summed E-state index contributed by atoms with van der Waals surface area (Å²) in [6.07, 6.45) is 0.00636. The van der Waals surface area contributed by atoms with Crippen LogP contribution in [0.25, 0.3) is 5.52 Å². The van der Waals surface area contributed by atoms with Crippen LogP contribution in [0.3, 0.4) is 0 Å². The lowest BCUT2D eigenvalue weighted by molar-refractivity contribution is -0.168. The summed E-state index contributed by atoms with van der Waals surface area (Å²) >= 11 is 0. The smallest absolute Gasteiger partial charge is 0.228 e. The van der Waals surface area contributed by atoms with Crippen molar-refractivity contribution in [2.24, 2.45) is 0 Å². The highest BCUT2D eigenvalue weighted by Crippen LogP contribution is 2.51. The molecule has 3 heterocycles. The molecule has 0 aliphatic carbocycles. The number of rotatable bonds is 11. The number of hydrogen-bond donors (Lipinski definition) is 1. The lowest BCUT2D eigenvalue weighted by Gasteiger charge is -2.39. The van der Waals surface area contributed by atoms with Crippen molar-refractivity contribution in [3.63, 3.8) is 0 Å². The van der Waals surface area contributed by atoms with Crippen LogP contribution in [0, 0.1) is 11.3 Å². The zero-order chi connectivity index (χ0) is 29.7. The van der Waals surface area contributed by atoms with Crippen LogP contribution in [0.1, 0.15) is 29.3 Å². The first-order valence-electron chi connectivity index (χ1n) is 14.2. The largest absolute Gasteiger partial charge is 0.382 e. The van der Waals surface area contributed by atoms with Crippen molar-refractivity contribution < 1.29 is 18.9 Å². The lowest BCUT2D eigenvalue weighted by atomic mass is 9.79. The lowest BCUT2D eigenvalue weighted by Crippen LogP contribution is -2.55. The number of benzene rings is 3. The van der Waals surface area contributed by atoms with E-state index in [-0.39, 0.29) is 13.2 Å². The highest BCUT2D eigenvalue weighted by atomic mass is 16.6. The van der Waals surface area contributed by atoms with Crippen LogP contribution in [-0.4, -0.2) is 39.0 Å². The Kier molecular flexibility index (Phi) is 8.18. The predicted molar refractivity (Wildman–Crippen MR) is 160 cm³/mol. The van der Waals surface area contributed by atoms with E-state index < -0.39 is 23.4 Å². The first-order chi connectivity index (χ1) is 21.0. The number of nitrogens with two attached hydrogens (primary N) is 1. The number of nitriles is 1. The molecule has 1 aliphatic rings. The van der Waals surface area contributed by atoms with Gasteiger partial charge >= 0.3 is 0 Å². The van der Waals surface area contributed by atoms with Gasteiger partial charge in [-0.2, -0.15) is 10.4 Å². The molecule has 1 unspecified atom stereocenters. The molecule has 0 bridgehead atoms. The SMILES string of the molecule is C[C@@]1(OCc2ccccc2)[C@H](OCc2ccccc2)[C@@H](COCc2ccccc2)OC1(C#N)c1ccc2c(N)ncnn12. The van der Waals surface area contributed by atoms with Crippen molar-refractivity contribution in [2.45, 2.75) is 50.2 Å². The molecule has 3 aromatic carbocycles. The zero-order valence-corrected chi connectivity index (χ0v) is 23.9. The maximum Gasteiger partial charge on any atom is 0.228 e. The van der Waals surface area contributed by atoms with Gasteiger partial charge in [0.1, 0.15) is 35.7 Å². The molecule has 1 fully saturated rings. The molecular formula is C34H33N5O4. The molecule has 4 atom stereocenters. The van der Waals surface area contributed by atoms with E-state index in [1.54, 1.807) is 16.6 Å². The van der Waals surface area contributed by atoms with Gasteiger partial charge in [-0.15, -0.1) is 0 Å². The van der Waals surface area contributed by atoms with Gasteiger partial charge in [0.15, 0.2) is 5.82 Å². The summed E-state index contributed by atoms with van der Waals surface area (Å²) in [5.41, 5.74) is 7.22. The van der Waals surface area contributed by atoms with Gasteiger partial charge in [-0.3, -0.25) is 0 Å². The van der Waals surface area contributed by atoms with E-state index >= 15 is 0 Å². The normalized spacial score (nSPS) is 23.3. The van der Waals surface area contributed by atoms with Crippen LogP contribution < -0.4 is 5.73 Å². The van der Waals surface area contributed by atoms with Gasteiger partial charge in [0.2, 0.25) is 5.60 Å². The molecule has 218 valence electrons. The number of nitrogen functional groups attached to an aromatic ring is 1. The standard InChI is InChI=1S/C34H33N5O4/c1-33(42-21-27-15-9-4-10-16-27)31(41-20-26-13-7-3-8-14-26)29(22-40-19-25-11-5-2-6-12-25)43-34(33,23-35)30-18-17-28-32(36)37-24-38-39(28)30/h2-18,24,29,31H,19-22H2,1H3,(H2,36,37,38)/t29-,31-,33-,34?/m1/s1. The van der Waals surface area contributed by atoms with Crippen LogP contribution in [-0.2, 0) is 44.4 Å². The number of hydrogen-bond acceptors (Lipinski definition) is 8. The van der Waals surface area contributed by atoms with Crippen molar-refractivity contribution in [2.75, 3.05) is 12.3 Å². The molecule has 0 spiro atoms. The maximum absolute atomic E-state index is 11.0. The summed E-state index contributed by atoms with van der Waals surface area (Å²) in [5, 5.41) is 15.5. The van der Waals surface area contributed by atoms with Crippen molar-refractivity contribution in [3.05, 3.63) is 132 Å². The molecule has 1 saturated heterocycles. The second-order valence-electron chi connectivity index (χ2n) is 10.7. The second-order valence-corrected chi connectivity index (χ2v) is 10.7. The van der Waals surface area contributed by atoms with Crippen LogP contribution in [0.15, 0.2) is 109 Å². The molecular weight excluding hydrogens is 542 g/mol. The Morgan fingerprint density at radius 1 is 0.860 bits per heavy atom. The Balaban J connectivity index is 1.41. The van der Waals surface area contributed by atoms with Gasteiger partial charge in [0.25, 0.3) is 0 Å². The highest BCUT2D eigenvalue weighted by molar-refractivity contribution is 5.66. The van der Waals surface area contributed by atoms with Gasteiger partial charge in [-0.05, 0) is 35.7 Å². The fourth-order valence-electron chi connectivity index (χ4n) is 5.70. The fourth-order valence-corrected chi connectivity index (χ4v) is 5.70. The number of fused-ring (bicyclic) bond motifs is 1. The van der Waals surface area contributed by atoms with Crippen LogP contribution >= 0.6 is 0 Å². The first-order valence-corrected chi connectivity index (χ1v) is 14.2. The number of nitrogens with zero attached hydrogens (tertiary/aromatic N) is 4. The van der Waals surface area contributed by atoms with Crippen LogP contribution in [0.4, 0.5) is 5.82 Å². The average molecular weight is 576 g/mol. The Morgan fingerprint density at radius 2 is 1.47 bits per heavy atom. The van der Waals surface area contributed by atoms with Crippen LogP contribution in [0.2, 0.25) is 0 Å². The Hall–Kier alpha value is -4.59. The Labute approximate surface area is 250 Å². The van der Waals surface area contributed by atoms with Gasteiger partial charge in [-0.1, -0.05) is 91.0 Å². The van der Waals surface area contributed by atoms with E-state index in [1.165, 1.54) is 6.33 Å². The van der Waals surface area contributed by atoms with Gasteiger partial charge in [0, 0.05) is 0 Å². The molecule has 6 rings (SSSR count). The molecule has 9 heteroatoms. The molecule has 1 aliphatic heterocycles. The summed E-state index contributed by atoms with van der Waals surface area (Å²) in [4.78, 5) is 4.12. The molecule has 43 heavy (non-hydrogen) atoms. The molecule has 0 amide bonds. The minimum atomic E-state index is -1.64. The van der Waals surface area contributed by atoms with E-state index in [9.17, 15) is 5.26 Å². The third-order valence-electron chi connectivity index (χ3n) is 7.96. The fraction of sp³-hybridized carbons (Fsp3) is 0.265. The first kappa shape index (κ1) is 28.5. The van der Waals surface area contributed by atoms with E-state index in [4.69, 9.17) is 24.7 Å². The van der Waals surface area contributed by atoms with Crippen molar-refractivity contribution in [1.82, 2.24) is 14.6 Å². The molecule has 2 N–H and O–H groups in total. The van der Waals surface area contributed by atoms with E-state index in [0.717, 1.165) is 16.7 Å². The van der Waals surface area contributed by atoms with Crippen molar-refractivity contribution in [3.8, 4) is 6.07 Å². The topological polar surface area (TPSA) is 117 Å². The molecule has 0 radical (unpaired) electrons. The number of aromatic nitrogens is 3. The molecule has 9 nitrogen and oxygen atoms in total.